The van der Waals surface area contributed by atoms with Crippen LogP contribution in [0.3, 0.4) is 0 Å². The molecule has 2 aromatic heterocycles. The SMILES string of the molecule is CCn1cc(C)c(OCc2ccccc2)c1-c1nc(Br)cs1. The van der Waals surface area contributed by atoms with Crippen LogP contribution in [-0.4, -0.2) is 9.55 Å². The maximum atomic E-state index is 6.13. The fourth-order valence-corrected chi connectivity index (χ4v) is 3.73. The molecule has 1 aromatic carbocycles. The van der Waals surface area contributed by atoms with Crippen molar-refractivity contribution in [1.29, 1.82) is 0 Å². The van der Waals surface area contributed by atoms with Gasteiger partial charge in [0.05, 0.1) is 0 Å². The summed E-state index contributed by atoms with van der Waals surface area (Å²) in [6.45, 7) is 5.67. The molecule has 0 spiro atoms. The summed E-state index contributed by atoms with van der Waals surface area (Å²) in [5.41, 5.74) is 3.36. The van der Waals surface area contributed by atoms with Crippen LogP contribution in [0.4, 0.5) is 0 Å². The summed E-state index contributed by atoms with van der Waals surface area (Å²) in [5.74, 6) is 0.924. The summed E-state index contributed by atoms with van der Waals surface area (Å²) >= 11 is 5.05. The van der Waals surface area contributed by atoms with E-state index in [0.717, 1.165) is 38.7 Å². The van der Waals surface area contributed by atoms with Crippen molar-refractivity contribution in [3.05, 3.63) is 57.6 Å². The minimum absolute atomic E-state index is 0.564. The van der Waals surface area contributed by atoms with Gasteiger partial charge in [-0.15, -0.1) is 11.3 Å². The van der Waals surface area contributed by atoms with Gasteiger partial charge in [-0.05, 0) is 35.3 Å². The fraction of sp³-hybridized carbons (Fsp3) is 0.235. The third kappa shape index (κ3) is 3.10. The molecule has 0 radical (unpaired) electrons. The molecule has 0 bridgehead atoms. The summed E-state index contributed by atoms with van der Waals surface area (Å²) in [7, 11) is 0. The van der Waals surface area contributed by atoms with E-state index in [2.05, 4.69) is 57.7 Å². The Morgan fingerprint density at radius 2 is 2.05 bits per heavy atom. The zero-order chi connectivity index (χ0) is 15.5. The maximum Gasteiger partial charge on any atom is 0.150 e. The Labute approximate surface area is 142 Å². The zero-order valence-corrected chi connectivity index (χ0v) is 14.9. The van der Waals surface area contributed by atoms with E-state index in [9.17, 15) is 0 Å². The molecule has 0 aliphatic carbocycles. The van der Waals surface area contributed by atoms with Gasteiger partial charge in [-0.25, -0.2) is 4.98 Å². The molecule has 0 aliphatic rings. The molecule has 22 heavy (non-hydrogen) atoms. The monoisotopic (exact) mass is 376 g/mol. The molecule has 0 unspecified atom stereocenters. The highest BCUT2D eigenvalue weighted by Gasteiger charge is 2.19. The van der Waals surface area contributed by atoms with Crippen LogP contribution < -0.4 is 4.74 Å². The first-order chi connectivity index (χ1) is 10.7. The summed E-state index contributed by atoms with van der Waals surface area (Å²) in [4.78, 5) is 4.55. The van der Waals surface area contributed by atoms with Crippen LogP contribution >= 0.6 is 27.3 Å². The Hall–Kier alpha value is -1.59. The average Bonchev–Trinajstić information content (AvgIpc) is 3.09. The van der Waals surface area contributed by atoms with Crippen LogP contribution in [0.15, 0.2) is 46.5 Å². The first-order valence-electron chi connectivity index (χ1n) is 7.17. The quantitative estimate of drug-likeness (QED) is 0.605. The van der Waals surface area contributed by atoms with E-state index in [-0.39, 0.29) is 0 Å². The Morgan fingerprint density at radius 3 is 2.68 bits per heavy atom. The molecular formula is C17H17BrN2OS. The number of aromatic nitrogens is 2. The van der Waals surface area contributed by atoms with E-state index < -0.39 is 0 Å². The number of benzene rings is 1. The molecule has 0 amide bonds. The van der Waals surface area contributed by atoms with E-state index in [1.54, 1.807) is 11.3 Å². The second-order valence-corrected chi connectivity index (χ2v) is 6.70. The summed E-state index contributed by atoms with van der Waals surface area (Å²) < 4.78 is 9.19. The van der Waals surface area contributed by atoms with E-state index >= 15 is 0 Å². The average molecular weight is 377 g/mol. The summed E-state index contributed by atoms with van der Waals surface area (Å²) in [5, 5.41) is 2.98. The van der Waals surface area contributed by atoms with Gasteiger partial charge in [-0.3, -0.25) is 0 Å². The molecular weight excluding hydrogens is 360 g/mol. The lowest BCUT2D eigenvalue weighted by molar-refractivity contribution is 0.305. The standard InChI is InChI=1S/C17H17BrN2OS/c1-3-20-9-12(2)16(15(20)17-19-14(18)11-22-17)21-10-13-7-5-4-6-8-13/h4-9,11H,3,10H2,1-2H3. The van der Waals surface area contributed by atoms with Crippen LogP contribution in [-0.2, 0) is 13.2 Å². The predicted octanol–water partition coefficient (Wildman–Crippen LogP) is 5.28. The second kappa shape index (κ2) is 6.67. The molecule has 114 valence electrons. The molecule has 3 aromatic rings. The number of hydrogen-bond acceptors (Lipinski definition) is 3. The van der Waals surface area contributed by atoms with Gasteiger partial charge in [0.15, 0.2) is 5.75 Å². The number of rotatable bonds is 5. The van der Waals surface area contributed by atoms with E-state index in [1.807, 2.05) is 23.6 Å². The van der Waals surface area contributed by atoms with Gasteiger partial charge < -0.3 is 9.30 Å². The molecule has 0 atom stereocenters. The van der Waals surface area contributed by atoms with Crippen molar-refractivity contribution >= 4 is 27.3 Å². The molecule has 0 aliphatic heterocycles. The minimum atomic E-state index is 0.564. The van der Waals surface area contributed by atoms with Gasteiger partial charge in [0, 0.05) is 23.7 Å². The Kier molecular flexibility index (Phi) is 4.64. The number of halogens is 1. The van der Waals surface area contributed by atoms with Crippen LogP contribution in [0, 0.1) is 6.92 Å². The van der Waals surface area contributed by atoms with Crippen molar-refractivity contribution in [1.82, 2.24) is 9.55 Å². The Morgan fingerprint density at radius 1 is 1.27 bits per heavy atom. The van der Waals surface area contributed by atoms with Crippen LogP contribution in [0.5, 0.6) is 5.75 Å². The number of nitrogens with zero attached hydrogens (tertiary/aromatic N) is 2. The zero-order valence-electron chi connectivity index (χ0n) is 12.5. The Bertz CT molecular complexity index is 764. The lowest BCUT2D eigenvalue weighted by Crippen LogP contribution is -1.99. The predicted molar refractivity (Wildman–Crippen MR) is 94.4 cm³/mol. The number of thiazole rings is 1. The normalized spacial score (nSPS) is 10.9. The van der Waals surface area contributed by atoms with Crippen molar-refractivity contribution in [2.24, 2.45) is 0 Å². The maximum absolute atomic E-state index is 6.13. The summed E-state index contributed by atoms with van der Waals surface area (Å²) in [6.07, 6.45) is 2.13. The van der Waals surface area contributed by atoms with Crippen LogP contribution in [0.25, 0.3) is 10.7 Å². The minimum Gasteiger partial charge on any atom is -0.486 e. The highest BCUT2D eigenvalue weighted by Crippen LogP contribution is 2.37. The van der Waals surface area contributed by atoms with Crippen molar-refractivity contribution in [3.63, 3.8) is 0 Å². The summed E-state index contributed by atoms with van der Waals surface area (Å²) in [6, 6.07) is 10.2. The van der Waals surface area contributed by atoms with Gasteiger partial charge in [0.2, 0.25) is 0 Å². The van der Waals surface area contributed by atoms with Gasteiger partial charge >= 0.3 is 0 Å². The van der Waals surface area contributed by atoms with Crippen molar-refractivity contribution < 1.29 is 4.74 Å². The van der Waals surface area contributed by atoms with Gasteiger partial charge in [-0.1, -0.05) is 30.3 Å². The molecule has 0 fully saturated rings. The first kappa shape index (κ1) is 15.3. The third-order valence-electron chi connectivity index (χ3n) is 3.46. The molecule has 3 nitrogen and oxygen atoms in total. The molecule has 3 rings (SSSR count). The molecule has 5 heteroatoms. The van der Waals surface area contributed by atoms with Crippen LogP contribution in [0.2, 0.25) is 0 Å². The molecule has 0 saturated carbocycles. The number of aryl methyl sites for hydroxylation is 2. The van der Waals surface area contributed by atoms with Gasteiger partial charge in [-0.2, -0.15) is 0 Å². The van der Waals surface area contributed by atoms with E-state index in [1.165, 1.54) is 0 Å². The smallest absolute Gasteiger partial charge is 0.150 e. The largest absolute Gasteiger partial charge is 0.486 e. The Balaban J connectivity index is 1.94. The molecule has 2 heterocycles. The van der Waals surface area contributed by atoms with Crippen LogP contribution in [0.1, 0.15) is 18.1 Å². The fourth-order valence-electron chi connectivity index (χ4n) is 2.42. The number of hydrogen-bond donors (Lipinski definition) is 0. The topological polar surface area (TPSA) is 27.1 Å². The lowest BCUT2D eigenvalue weighted by Gasteiger charge is -2.10. The third-order valence-corrected chi connectivity index (χ3v) is 5.01. The van der Waals surface area contributed by atoms with Gasteiger partial charge in [0.1, 0.15) is 21.9 Å². The lowest BCUT2D eigenvalue weighted by atomic mass is 10.2. The second-order valence-electron chi connectivity index (χ2n) is 5.03. The highest BCUT2D eigenvalue weighted by atomic mass is 79.9. The van der Waals surface area contributed by atoms with Gasteiger partial charge in [0.25, 0.3) is 0 Å². The van der Waals surface area contributed by atoms with Crippen molar-refractivity contribution in [2.45, 2.75) is 27.0 Å². The molecule has 0 N–H and O–H groups in total. The van der Waals surface area contributed by atoms with E-state index in [0.29, 0.717) is 6.61 Å². The van der Waals surface area contributed by atoms with E-state index in [4.69, 9.17) is 4.74 Å². The highest BCUT2D eigenvalue weighted by molar-refractivity contribution is 9.10. The number of ether oxygens (including phenoxy) is 1. The van der Waals surface area contributed by atoms with Crippen molar-refractivity contribution in [2.75, 3.05) is 0 Å². The first-order valence-corrected chi connectivity index (χ1v) is 8.84. The molecule has 0 saturated heterocycles. The van der Waals surface area contributed by atoms with Crippen molar-refractivity contribution in [3.8, 4) is 16.5 Å².